The molecule has 0 radical (unpaired) electrons. The van der Waals surface area contributed by atoms with Crippen molar-refractivity contribution in [3.8, 4) is 11.5 Å². The highest BCUT2D eigenvalue weighted by Gasteiger charge is 2.06. The number of hydrogen-bond donors (Lipinski definition) is 2. The van der Waals surface area contributed by atoms with Gasteiger partial charge in [-0.3, -0.25) is 0 Å². The van der Waals surface area contributed by atoms with Gasteiger partial charge in [-0.15, -0.1) is 0 Å². The number of rotatable bonds is 6. The number of methoxy groups -OCH3 is 1. The minimum Gasteiger partial charge on any atom is -0.493 e. The lowest BCUT2D eigenvalue weighted by Gasteiger charge is -2.14. The molecule has 0 atom stereocenters. The Bertz CT molecular complexity index is 717. The van der Waals surface area contributed by atoms with Crippen LogP contribution in [-0.4, -0.2) is 18.8 Å². The molecule has 0 aliphatic heterocycles. The standard InChI is InChI=1S/C19H24N2O2S/c1-5-23-18-11-15(7-9-17(18)22-4)12-20-19(24)21-16-8-6-13(2)10-14(16)3/h6-11H,5,12H2,1-4H3,(H2,20,21,24). The van der Waals surface area contributed by atoms with Gasteiger partial charge in [-0.25, -0.2) is 0 Å². The second kappa shape index (κ2) is 8.55. The molecule has 2 N–H and O–H groups in total. The van der Waals surface area contributed by atoms with Gasteiger partial charge in [0.25, 0.3) is 0 Å². The zero-order valence-electron chi connectivity index (χ0n) is 14.6. The van der Waals surface area contributed by atoms with E-state index in [1.165, 1.54) is 11.1 Å². The zero-order valence-corrected chi connectivity index (χ0v) is 15.4. The van der Waals surface area contributed by atoms with Crippen molar-refractivity contribution in [3.05, 3.63) is 53.1 Å². The van der Waals surface area contributed by atoms with Crippen molar-refractivity contribution in [1.29, 1.82) is 0 Å². The monoisotopic (exact) mass is 344 g/mol. The second-order valence-corrected chi connectivity index (χ2v) is 5.95. The molecule has 0 bridgehead atoms. The summed E-state index contributed by atoms with van der Waals surface area (Å²) in [4.78, 5) is 0. The Labute approximate surface area is 149 Å². The van der Waals surface area contributed by atoms with Gasteiger partial charge in [-0.2, -0.15) is 0 Å². The first-order valence-electron chi connectivity index (χ1n) is 7.95. The predicted molar refractivity (Wildman–Crippen MR) is 103 cm³/mol. The van der Waals surface area contributed by atoms with Gasteiger partial charge in [0.05, 0.1) is 13.7 Å². The Morgan fingerprint density at radius 1 is 1.08 bits per heavy atom. The van der Waals surface area contributed by atoms with Crippen molar-refractivity contribution < 1.29 is 9.47 Å². The number of hydrogen-bond acceptors (Lipinski definition) is 3. The molecule has 128 valence electrons. The smallest absolute Gasteiger partial charge is 0.171 e. The molecule has 0 saturated heterocycles. The van der Waals surface area contributed by atoms with Crippen molar-refractivity contribution in [2.75, 3.05) is 19.0 Å². The van der Waals surface area contributed by atoms with Gasteiger partial charge in [0.2, 0.25) is 0 Å². The molecular formula is C19H24N2O2S. The highest BCUT2D eigenvalue weighted by atomic mass is 32.1. The maximum atomic E-state index is 5.60. The van der Waals surface area contributed by atoms with E-state index in [1.807, 2.05) is 31.2 Å². The van der Waals surface area contributed by atoms with Crippen LogP contribution in [-0.2, 0) is 6.54 Å². The van der Waals surface area contributed by atoms with E-state index in [0.717, 1.165) is 22.7 Å². The van der Waals surface area contributed by atoms with E-state index in [-0.39, 0.29) is 0 Å². The highest BCUT2D eigenvalue weighted by Crippen LogP contribution is 2.28. The summed E-state index contributed by atoms with van der Waals surface area (Å²) in [5.74, 6) is 1.48. The third-order valence-corrected chi connectivity index (χ3v) is 3.86. The van der Waals surface area contributed by atoms with Crippen LogP contribution < -0.4 is 20.1 Å². The van der Waals surface area contributed by atoms with Gasteiger partial charge >= 0.3 is 0 Å². The van der Waals surface area contributed by atoms with E-state index in [2.05, 4.69) is 36.6 Å². The normalized spacial score (nSPS) is 10.2. The van der Waals surface area contributed by atoms with Crippen LogP contribution in [0.5, 0.6) is 11.5 Å². The van der Waals surface area contributed by atoms with E-state index in [4.69, 9.17) is 21.7 Å². The summed E-state index contributed by atoms with van der Waals surface area (Å²) >= 11 is 5.38. The van der Waals surface area contributed by atoms with Crippen molar-refractivity contribution in [3.63, 3.8) is 0 Å². The fourth-order valence-corrected chi connectivity index (χ4v) is 2.58. The van der Waals surface area contributed by atoms with Crippen LogP contribution in [0.1, 0.15) is 23.6 Å². The number of ether oxygens (including phenoxy) is 2. The molecule has 2 rings (SSSR count). The summed E-state index contributed by atoms with van der Waals surface area (Å²) in [6, 6.07) is 12.1. The van der Waals surface area contributed by atoms with Crippen LogP contribution in [0.4, 0.5) is 5.69 Å². The molecule has 0 unspecified atom stereocenters. The number of nitrogens with one attached hydrogen (secondary N) is 2. The largest absolute Gasteiger partial charge is 0.493 e. The number of aryl methyl sites for hydroxylation is 2. The van der Waals surface area contributed by atoms with Crippen molar-refractivity contribution in [2.24, 2.45) is 0 Å². The molecule has 2 aromatic rings. The maximum Gasteiger partial charge on any atom is 0.171 e. The fourth-order valence-electron chi connectivity index (χ4n) is 2.40. The molecule has 2 aromatic carbocycles. The van der Waals surface area contributed by atoms with Gasteiger partial charge in [-0.1, -0.05) is 23.8 Å². The Morgan fingerprint density at radius 2 is 1.88 bits per heavy atom. The maximum absolute atomic E-state index is 5.60. The lowest BCUT2D eigenvalue weighted by atomic mass is 10.1. The summed E-state index contributed by atoms with van der Waals surface area (Å²) < 4.78 is 10.9. The molecule has 0 heterocycles. The van der Waals surface area contributed by atoms with Crippen LogP contribution in [0.15, 0.2) is 36.4 Å². The minimum atomic E-state index is 0.593. The molecule has 0 aliphatic carbocycles. The van der Waals surface area contributed by atoms with Crippen molar-refractivity contribution in [2.45, 2.75) is 27.3 Å². The van der Waals surface area contributed by atoms with Crippen LogP contribution in [0, 0.1) is 13.8 Å². The molecule has 4 nitrogen and oxygen atoms in total. The molecular weight excluding hydrogens is 320 g/mol. The Balaban J connectivity index is 1.97. The van der Waals surface area contributed by atoms with Crippen LogP contribution >= 0.6 is 12.2 Å². The van der Waals surface area contributed by atoms with Gasteiger partial charge in [-0.05, 0) is 62.3 Å². The highest BCUT2D eigenvalue weighted by molar-refractivity contribution is 7.80. The average Bonchev–Trinajstić information content (AvgIpc) is 2.56. The first kappa shape index (κ1) is 18.1. The minimum absolute atomic E-state index is 0.593. The molecule has 24 heavy (non-hydrogen) atoms. The summed E-state index contributed by atoms with van der Waals surface area (Å²) in [5.41, 5.74) is 4.49. The molecule has 0 aromatic heterocycles. The summed E-state index contributed by atoms with van der Waals surface area (Å²) in [5, 5.41) is 7.05. The fraction of sp³-hybridized carbons (Fsp3) is 0.316. The van der Waals surface area contributed by atoms with E-state index >= 15 is 0 Å². The van der Waals surface area contributed by atoms with Gasteiger partial charge in [0.15, 0.2) is 16.6 Å². The number of thiocarbonyl (C=S) groups is 1. The van der Waals surface area contributed by atoms with E-state index < -0.39 is 0 Å². The molecule has 0 spiro atoms. The third-order valence-electron chi connectivity index (χ3n) is 3.61. The van der Waals surface area contributed by atoms with Crippen molar-refractivity contribution >= 4 is 23.0 Å². The number of anilines is 1. The van der Waals surface area contributed by atoms with E-state index in [0.29, 0.717) is 18.3 Å². The lowest BCUT2D eigenvalue weighted by molar-refractivity contribution is 0.310. The van der Waals surface area contributed by atoms with Gasteiger partial charge in [0.1, 0.15) is 0 Å². The first-order chi connectivity index (χ1) is 11.5. The molecule has 0 fully saturated rings. The summed E-state index contributed by atoms with van der Waals surface area (Å²) in [6.07, 6.45) is 0. The number of benzene rings is 2. The van der Waals surface area contributed by atoms with Gasteiger partial charge < -0.3 is 20.1 Å². The first-order valence-corrected chi connectivity index (χ1v) is 8.36. The Hall–Kier alpha value is -2.27. The quantitative estimate of drug-likeness (QED) is 0.769. The average molecular weight is 344 g/mol. The molecule has 0 amide bonds. The van der Waals surface area contributed by atoms with Gasteiger partial charge in [0, 0.05) is 12.2 Å². The summed E-state index contributed by atoms with van der Waals surface area (Å²) in [7, 11) is 1.64. The topological polar surface area (TPSA) is 42.5 Å². The third kappa shape index (κ3) is 4.86. The van der Waals surface area contributed by atoms with Crippen LogP contribution in [0.3, 0.4) is 0 Å². The van der Waals surface area contributed by atoms with Crippen molar-refractivity contribution in [1.82, 2.24) is 5.32 Å². The SMILES string of the molecule is CCOc1cc(CNC(=S)Nc2ccc(C)cc2C)ccc1OC. The van der Waals surface area contributed by atoms with Crippen LogP contribution in [0.25, 0.3) is 0 Å². The molecule has 0 aliphatic rings. The second-order valence-electron chi connectivity index (χ2n) is 5.54. The molecule has 5 heteroatoms. The Morgan fingerprint density at radius 3 is 2.54 bits per heavy atom. The van der Waals surface area contributed by atoms with E-state index in [1.54, 1.807) is 7.11 Å². The van der Waals surface area contributed by atoms with Crippen LogP contribution in [0.2, 0.25) is 0 Å². The summed E-state index contributed by atoms with van der Waals surface area (Å²) in [6.45, 7) is 7.30. The van der Waals surface area contributed by atoms with E-state index in [9.17, 15) is 0 Å². The molecule has 0 saturated carbocycles. The zero-order chi connectivity index (χ0) is 17.5. The lowest BCUT2D eigenvalue weighted by Crippen LogP contribution is -2.28. The predicted octanol–water partition coefficient (Wildman–Crippen LogP) is 4.20. The Kier molecular flexibility index (Phi) is 6.44.